The minimum atomic E-state index is 0.685. The Balaban J connectivity index is 1.89. The molecule has 0 radical (unpaired) electrons. The summed E-state index contributed by atoms with van der Waals surface area (Å²) in [7, 11) is 0. The van der Waals surface area contributed by atoms with Gasteiger partial charge >= 0.3 is 0 Å². The van der Waals surface area contributed by atoms with E-state index in [-0.39, 0.29) is 0 Å². The molecule has 0 aliphatic rings. The van der Waals surface area contributed by atoms with Crippen LogP contribution < -0.4 is 0 Å². The minimum absolute atomic E-state index is 0.685. The topological polar surface area (TPSA) is 31.0 Å². The van der Waals surface area contributed by atoms with Gasteiger partial charge in [0.05, 0.1) is 0 Å². The molecular weight excluding hydrogens is 284 g/mol. The number of benzene rings is 2. The van der Waals surface area contributed by atoms with Crippen molar-refractivity contribution in [1.82, 2.24) is 9.55 Å². The van der Waals surface area contributed by atoms with Crippen molar-refractivity contribution in [2.45, 2.75) is 20.8 Å². The van der Waals surface area contributed by atoms with E-state index in [1.54, 1.807) is 0 Å². The summed E-state index contributed by atoms with van der Waals surface area (Å²) in [6, 6.07) is 14.6. The zero-order valence-corrected chi connectivity index (χ0v) is 13.5. The highest BCUT2D eigenvalue weighted by Crippen LogP contribution is 2.30. The van der Waals surface area contributed by atoms with E-state index in [0.29, 0.717) is 5.89 Å². The Morgan fingerprint density at radius 1 is 0.913 bits per heavy atom. The Kier molecular flexibility index (Phi) is 3.08. The Labute approximate surface area is 135 Å². The number of rotatable bonds is 2. The Morgan fingerprint density at radius 2 is 1.70 bits per heavy atom. The van der Waals surface area contributed by atoms with Crippen LogP contribution in [0.2, 0.25) is 0 Å². The maximum Gasteiger partial charge on any atom is 0.227 e. The second kappa shape index (κ2) is 5.13. The van der Waals surface area contributed by atoms with Crippen LogP contribution in [-0.4, -0.2) is 9.55 Å². The van der Waals surface area contributed by atoms with Crippen LogP contribution in [0.5, 0.6) is 0 Å². The lowest BCUT2D eigenvalue weighted by Crippen LogP contribution is -1.90. The van der Waals surface area contributed by atoms with Crippen LogP contribution in [0.25, 0.3) is 28.2 Å². The highest BCUT2D eigenvalue weighted by Gasteiger charge is 2.13. The highest BCUT2D eigenvalue weighted by molar-refractivity contribution is 5.82. The molecule has 0 fully saturated rings. The number of oxazole rings is 1. The summed E-state index contributed by atoms with van der Waals surface area (Å²) >= 11 is 0. The van der Waals surface area contributed by atoms with E-state index >= 15 is 0 Å². The zero-order chi connectivity index (χ0) is 16.0. The molecule has 2 heterocycles. The molecule has 0 amide bonds. The molecule has 0 saturated heterocycles. The van der Waals surface area contributed by atoms with Gasteiger partial charge in [-0.25, -0.2) is 4.98 Å². The lowest BCUT2D eigenvalue weighted by atomic mass is 10.1. The van der Waals surface area contributed by atoms with E-state index in [4.69, 9.17) is 9.40 Å². The van der Waals surface area contributed by atoms with Gasteiger partial charge in [-0.15, -0.1) is 0 Å². The van der Waals surface area contributed by atoms with Crippen molar-refractivity contribution in [2.24, 2.45) is 0 Å². The second-order valence-electron chi connectivity index (χ2n) is 6.04. The molecule has 0 spiro atoms. The minimum Gasteiger partial charge on any atom is -0.436 e. The van der Waals surface area contributed by atoms with E-state index in [0.717, 1.165) is 27.9 Å². The van der Waals surface area contributed by atoms with Crippen LogP contribution in [0.4, 0.5) is 0 Å². The first-order valence-corrected chi connectivity index (χ1v) is 7.74. The molecule has 114 valence electrons. The number of hydrogen-bond acceptors (Lipinski definition) is 2. The third kappa shape index (κ3) is 2.34. The van der Waals surface area contributed by atoms with Crippen molar-refractivity contribution in [3.05, 3.63) is 71.5 Å². The summed E-state index contributed by atoms with van der Waals surface area (Å²) in [5.41, 5.74) is 7.41. The summed E-state index contributed by atoms with van der Waals surface area (Å²) in [6.45, 7) is 6.25. The smallest absolute Gasteiger partial charge is 0.227 e. The fourth-order valence-corrected chi connectivity index (χ4v) is 3.01. The standard InChI is InChI=1S/C20H18N2O/c1-13-6-7-17(14(2)10-13)20-21-18-12-16(22-8-4-5-9-22)11-15(3)19(18)23-20/h4-12H,1-3H3. The van der Waals surface area contributed by atoms with Crippen LogP contribution in [0, 0.1) is 20.8 Å². The largest absolute Gasteiger partial charge is 0.436 e. The molecule has 4 aromatic rings. The first-order valence-electron chi connectivity index (χ1n) is 7.74. The Hall–Kier alpha value is -2.81. The van der Waals surface area contributed by atoms with E-state index in [1.807, 2.05) is 24.5 Å². The predicted octanol–water partition coefficient (Wildman–Crippen LogP) is 5.21. The molecule has 0 saturated carbocycles. The number of nitrogens with zero attached hydrogens (tertiary/aromatic N) is 2. The first-order chi connectivity index (χ1) is 11.1. The number of fused-ring (bicyclic) bond motifs is 1. The molecule has 0 atom stereocenters. The fourth-order valence-electron chi connectivity index (χ4n) is 3.01. The monoisotopic (exact) mass is 302 g/mol. The van der Waals surface area contributed by atoms with Crippen molar-refractivity contribution >= 4 is 11.1 Å². The van der Waals surface area contributed by atoms with Gasteiger partial charge in [0.25, 0.3) is 0 Å². The third-order valence-corrected chi connectivity index (χ3v) is 4.18. The average Bonchev–Trinajstić information content (AvgIpc) is 3.16. The molecule has 0 aliphatic heterocycles. The molecule has 0 aliphatic carbocycles. The predicted molar refractivity (Wildman–Crippen MR) is 93.0 cm³/mol. The van der Waals surface area contributed by atoms with E-state index in [2.05, 4.69) is 55.7 Å². The number of aryl methyl sites for hydroxylation is 3. The molecule has 0 N–H and O–H groups in total. The molecule has 2 aromatic carbocycles. The van der Waals surface area contributed by atoms with Crippen LogP contribution in [0.15, 0.2) is 59.3 Å². The normalized spacial score (nSPS) is 11.3. The van der Waals surface area contributed by atoms with Gasteiger partial charge in [0.1, 0.15) is 5.52 Å². The Bertz CT molecular complexity index is 994. The van der Waals surface area contributed by atoms with Crippen LogP contribution >= 0.6 is 0 Å². The second-order valence-corrected chi connectivity index (χ2v) is 6.04. The van der Waals surface area contributed by atoms with Crippen molar-refractivity contribution in [3.8, 4) is 17.1 Å². The van der Waals surface area contributed by atoms with Gasteiger partial charge in [0, 0.05) is 23.6 Å². The maximum absolute atomic E-state index is 6.06. The van der Waals surface area contributed by atoms with Crippen LogP contribution in [0.1, 0.15) is 16.7 Å². The Morgan fingerprint density at radius 3 is 2.43 bits per heavy atom. The molecule has 0 bridgehead atoms. The van der Waals surface area contributed by atoms with Gasteiger partial charge < -0.3 is 8.98 Å². The lowest BCUT2D eigenvalue weighted by Gasteiger charge is -2.03. The van der Waals surface area contributed by atoms with E-state index in [9.17, 15) is 0 Å². The molecule has 0 unspecified atom stereocenters. The van der Waals surface area contributed by atoms with Crippen molar-refractivity contribution in [3.63, 3.8) is 0 Å². The van der Waals surface area contributed by atoms with Gasteiger partial charge in [0.2, 0.25) is 5.89 Å². The van der Waals surface area contributed by atoms with Gasteiger partial charge in [0.15, 0.2) is 5.58 Å². The molecule has 3 heteroatoms. The van der Waals surface area contributed by atoms with Crippen molar-refractivity contribution < 1.29 is 4.42 Å². The van der Waals surface area contributed by atoms with E-state index < -0.39 is 0 Å². The average molecular weight is 302 g/mol. The summed E-state index contributed by atoms with van der Waals surface area (Å²) in [5, 5.41) is 0. The molecule has 23 heavy (non-hydrogen) atoms. The molecular formula is C20H18N2O. The van der Waals surface area contributed by atoms with Gasteiger partial charge in [-0.1, -0.05) is 17.7 Å². The van der Waals surface area contributed by atoms with Crippen LogP contribution in [0.3, 0.4) is 0 Å². The van der Waals surface area contributed by atoms with Crippen LogP contribution in [-0.2, 0) is 0 Å². The van der Waals surface area contributed by atoms with Crippen molar-refractivity contribution in [2.75, 3.05) is 0 Å². The zero-order valence-electron chi connectivity index (χ0n) is 13.5. The molecule has 3 nitrogen and oxygen atoms in total. The fraction of sp³-hybridized carbons (Fsp3) is 0.150. The molecule has 2 aromatic heterocycles. The number of hydrogen-bond donors (Lipinski definition) is 0. The lowest BCUT2D eigenvalue weighted by molar-refractivity contribution is 0.617. The summed E-state index contributed by atoms with van der Waals surface area (Å²) < 4.78 is 8.14. The quantitative estimate of drug-likeness (QED) is 0.509. The van der Waals surface area contributed by atoms with Gasteiger partial charge in [-0.05, 0) is 62.2 Å². The van der Waals surface area contributed by atoms with E-state index in [1.165, 1.54) is 11.1 Å². The van der Waals surface area contributed by atoms with Crippen molar-refractivity contribution in [1.29, 1.82) is 0 Å². The first kappa shape index (κ1) is 13.8. The third-order valence-electron chi connectivity index (χ3n) is 4.18. The summed E-state index contributed by atoms with van der Waals surface area (Å²) in [5.74, 6) is 0.685. The van der Waals surface area contributed by atoms with Gasteiger partial charge in [-0.3, -0.25) is 0 Å². The SMILES string of the molecule is Cc1ccc(-c2nc3cc(-n4cccc4)cc(C)c3o2)c(C)c1. The molecule has 4 rings (SSSR count). The van der Waals surface area contributed by atoms with Gasteiger partial charge in [-0.2, -0.15) is 0 Å². The number of aromatic nitrogens is 2. The highest BCUT2D eigenvalue weighted by atomic mass is 16.3. The summed E-state index contributed by atoms with van der Waals surface area (Å²) in [4.78, 5) is 4.72. The summed E-state index contributed by atoms with van der Waals surface area (Å²) in [6.07, 6.45) is 4.07. The maximum atomic E-state index is 6.06.